The molecule has 2 aliphatic heterocycles. The molecule has 27 heavy (non-hydrogen) atoms. The molecular weight excluding hydrogens is 486 g/mol. The maximum absolute atomic E-state index is 14.0. The van der Waals surface area contributed by atoms with Gasteiger partial charge in [-0.15, -0.1) is 0 Å². The van der Waals surface area contributed by atoms with Gasteiger partial charge in [0.15, 0.2) is 18.7 Å². The molecule has 9 atom stereocenters. The van der Waals surface area contributed by atoms with E-state index in [1.807, 2.05) is 4.98 Å². The third-order valence-electron chi connectivity index (χ3n) is 4.37. The summed E-state index contributed by atoms with van der Waals surface area (Å²) in [4.78, 5) is 24.9. The number of aliphatic hydroxyl groups excluding tert-OH is 4. The minimum atomic E-state index is -1.93. The number of halogens is 2. The van der Waals surface area contributed by atoms with E-state index in [1.54, 1.807) is 22.6 Å². The summed E-state index contributed by atoms with van der Waals surface area (Å²) in [6.45, 7) is -0.422. The van der Waals surface area contributed by atoms with Crippen molar-refractivity contribution >= 4 is 22.6 Å². The summed E-state index contributed by atoms with van der Waals surface area (Å²) in [6.07, 6.45) is -10.5. The Bertz CT molecular complexity index is 773. The first-order chi connectivity index (χ1) is 12.7. The fraction of sp³-hybridized carbons (Fsp3) is 0.714. The summed E-state index contributed by atoms with van der Waals surface area (Å²) in [7, 11) is 0. The topological polar surface area (TPSA) is 163 Å². The second kappa shape index (κ2) is 8.20. The average molecular weight is 504 g/mol. The predicted octanol–water partition coefficient (Wildman–Crippen LogP) is -2.65. The number of rotatable bonds is 5. The van der Waals surface area contributed by atoms with Gasteiger partial charge in [-0.3, -0.25) is 14.3 Å². The van der Waals surface area contributed by atoms with Crippen LogP contribution in [0.3, 0.4) is 0 Å². The van der Waals surface area contributed by atoms with Crippen LogP contribution in [0.2, 0.25) is 0 Å². The predicted molar refractivity (Wildman–Crippen MR) is 92.8 cm³/mol. The standard InChI is InChI=1S/C14H18FIN2O9/c15-6-8(21)10(11(16)23)27-13(6)25-3-4-7(20)9(22)12(26-4)18-2-1-5(19)17-14(18)24/h1-2,4,6-13,20-23H,3H2,(H,17,19,24)/t4-,6+,7-,8+,9-,10+,11?,12-,13?/m1/s1. The molecular formula is C14H18FIN2O9. The highest BCUT2D eigenvalue weighted by molar-refractivity contribution is 14.1. The smallest absolute Gasteiger partial charge is 0.330 e. The fourth-order valence-corrected chi connectivity index (χ4v) is 3.52. The van der Waals surface area contributed by atoms with Gasteiger partial charge in [0.05, 0.1) is 6.61 Å². The third kappa shape index (κ3) is 4.09. The summed E-state index contributed by atoms with van der Waals surface area (Å²) in [5, 5.41) is 39.4. The second-order valence-corrected chi connectivity index (χ2v) is 7.45. The van der Waals surface area contributed by atoms with E-state index in [4.69, 9.17) is 14.2 Å². The zero-order chi connectivity index (χ0) is 19.9. The zero-order valence-corrected chi connectivity index (χ0v) is 15.7. The molecule has 1 aromatic rings. The number of ether oxygens (including phenoxy) is 3. The van der Waals surface area contributed by atoms with Gasteiger partial charge in [-0.1, -0.05) is 0 Å². The maximum atomic E-state index is 14.0. The number of aliphatic hydroxyl groups is 4. The van der Waals surface area contributed by atoms with Crippen molar-refractivity contribution in [2.75, 3.05) is 6.61 Å². The lowest BCUT2D eigenvalue weighted by Gasteiger charge is -2.19. The molecule has 5 N–H and O–H groups in total. The fourth-order valence-electron chi connectivity index (χ4n) is 2.93. The Morgan fingerprint density at radius 3 is 2.56 bits per heavy atom. The number of nitrogens with one attached hydrogen (secondary N) is 1. The molecule has 2 fully saturated rings. The highest BCUT2D eigenvalue weighted by Gasteiger charge is 2.49. The quantitative estimate of drug-likeness (QED) is 0.213. The zero-order valence-electron chi connectivity index (χ0n) is 13.6. The lowest BCUT2D eigenvalue weighted by atomic mass is 10.1. The highest BCUT2D eigenvalue weighted by atomic mass is 127. The molecule has 0 bridgehead atoms. The second-order valence-electron chi connectivity index (χ2n) is 6.17. The largest absolute Gasteiger partial charge is 0.387 e. The molecule has 2 saturated heterocycles. The molecule has 0 radical (unpaired) electrons. The minimum Gasteiger partial charge on any atom is -0.387 e. The first-order valence-electron chi connectivity index (χ1n) is 7.95. The van der Waals surface area contributed by atoms with E-state index in [9.17, 15) is 34.4 Å². The van der Waals surface area contributed by atoms with Crippen molar-refractivity contribution < 1.29 is 39.0 Å². The number of aromatic nitrogens is 2. The third-order valence-corrected chi connectivity index (χ3v) is 5.08. The van der Waals surface area contributed by atoms with Gasteiger partial charge in [-0.25, -0.2) is 9.18 Å². The molecule has 3 heterocycles. The van der Waals surface area contributed by atoms with Crippen LogP contribution in [0.25, 0.3) is 0 Å². The number of H-pyrrole nitrogens is 1. The lowest BCUT2D eigenvalue weighted by molar-refractivity contribution is -0.183. The van der Waals surface area contributed by atoms with E-state index < -0.39 is 71.2 Å². The van der Waals surface area contributed by atoms with Crippen molar-refractivity contribution in [2.24, 2.45) is 0 Å². The van der Waals surface area contributed by atoms with Gasteiger partial charge in [0, 0.05) is 12.3 Å². The van der Waals surface area contributed by atoms with E-state index >= 15 is 0 Å². The van der Waals surface area contributed by atoms with Crippen LogP contribution in [0.4, 0.5) is 4.39 Å². The van der Waals surface area contributed by atoms with E-state index in [2.05, 4.69) is 0 Å². The van der Waals surface area contributed by atoms with Crippen molar-refractivity contribution in [3.63, 3.8) is 0 Å². The maximum Gasteiger partial charge on any atom is 0.330 e. The number of nitrogens with zero attached hydrogens (tertiary/aromatic N) is 1. The molecule has 1 aromatic heterocycles. The van der Waals surface area contributed by atoms with Crippen LogP contribution in [-0.2, 0) is 14.2 Å². The first-order valence-corrected chi connectivity index (χ1v) is 9.19. The van der Waals surface area contributed by atoms with Crippen LogP contribution in [0.15, 0.2) is 21.9 Å². The van der Waals surface area contributed by atoms with Crippen molar-refractivity contribution in [3.05, 3.63) is 33.1 Å². The van der Waals surface area contributed by atoms with E-state index in [0.29, 0.717) is 0 Å². The summed E-state index contributed by atoms with van der Waals surface area (Å²) in [5.74, 6) is 0. The molecule has 13 heteroatoms. The summed E-state index contributed by atoms with van der Waals surface area (Å²) < 4.78 is 29.5. The Balaban J connectivity index is 1.65. The van der Waals surface area contributed by atoms with Gasteiger partial charge < -0.3 is 34.6 Å². The van der Waals surface area contributed by atoms with E-state index in [-0.39, 0.29) is 0 Å². The minimum absolute atomic E-state index is 0.422. The van der Waals surface area contributed by atoms with Crippen molar-refractivity contribution in [2.45, 2.75) is 53.3 Å². The van der Waals surface area contributed by atoms with Crippen LogP contribution in [0.5, 0.6) is 0 Å². The van der Waals surface area contributed by atoms with Crippen LogP contribution in [0, 0.1) is 0 Å². The van der Waals surface area contributed by atoms with Crippen LogP contribution in [0.1, 0.15) is 6.23 Å². The molecule has 3 rings (SSSR count). The molecule has 11 nitrogen and oxygen atoms in total. The molecule has 152 valence electrons. The molecule has 0 spiro atoms. The van der Waals surface area contributed by atoms with Crippen molar-refractivity contribution in [1.29, 1.82) is 0 Å². The lowest BCUT2D eigenvalue weighted by Crippen LogP contribution is -2.38. The van der Waals surface area contributed by atoms with Gasteiger partial charge in [0.1, 0.15) is 34.6 Å². The average Bonchev–Trinajstić information content (AvgIpc) is 3.05. The van der Waals surface area contributed by atoms with Gasteiger partial charge >= 0.3 is 5.69 Å². The van der Waals surface area contributed by atoms with E-state index in [0.717, 1.165) is 16.8 Å². The van der Waals surface area contributed by atoms with Crippen molar-refractivity contribution in [3.8, 4) is 0 Å². The summed E-state index contributed by atoms with van der Waals surface area (Å²) in [5.41, 5.74) is -1.48. The Labute approximate surface area is 164 Å². The molecule has 2 aliphatic rings. The monoisotopic (exact) mass is 504 g/mol. The van der Waals surface area contributed by atoms with Gasteiger partial charge in [-0.05, 0) is 22.6 Å². The van der Waals surface area contributed by atoms with Crippen LogP contribution < -0.4 is 11.2 Å². The van der Waals surface area contributed by atoms with E-state index in [1.165, 1.54) is 0 Å². The molecule has 0 aliphatic carbocycles. The number of aromatic amines is 1. The summed E-state index contributed by atoms with van der Waals surface area (Å²) >= 11 is 1.56. The molecule has 2 unspecified atom stereocenters. The normalized spacial score (nSPS) is 40.4. The SMILES string of the molecule is O=c1ccn([C@@H]2O[C@H](COC3O[C@H](C(O)I)[C@@H](O)[C@@H]3F)[C@@H](O)[C@H]2O)c(=O)[nH]1. The Kier molecular flexibility index (Phi) is 6.31. The first kappa shape index (κ1) is 20.8. The Hall–Kier alpha value is -0.940. The van der Waals surface area contributed by atoms with Crippen LogP contribution >= 0.6 is 22.6 Å². The number of hydrogen-bond acceptors (Lipinski definition) is 9. The van der Waals surface area contributed by atoms with Crippen LogP contribution in [-0.4, -0.2) is 83.7 Å². The molecule has 0 amide bonds. The molecule has 0 aromatic carbocycles. The van der Waals surface area contributed by atoms with Crippen molar-refractivity contribution in [1.82, 2.24) is 9.55 Å². The number of hydrogen-bond donors (Lipinski definition) is 5. The Morgan fingerprint density at radius 1 is 1.26 bits per heavy atom. The van der Waals surface area contributed by atoms with Gasteiger partial charge in [-0.2, -0.15) is 0 Å². The Morgan fingerprint density at radius 2 is 1.96 bits per heavy atom. The number of alkyl halides is 2. The summed E-state index contributed by atoms with van der Waals surface area (Å²) in [6, 6.07) is 1.05. The molecule has 0 saturated carbocycles. The van der Waals surface area contributed by atoms with Gasteiger partial charge in [0.2, 0.25) is 0 Å². The highest BCUT2D eigenvalue weighted by Crippen LogP contribution is 2.32. The van der Waals surface area contributed by atoms with Gasteiger partial charge in [0.25, 0.3) is 5.56 Å².